The van der Waals surface area contributed by atoms with Crippen molar-refractivity contribution < 1.29 is 18.7 Å². The molecule has 3 heterocycles. The van der Waals surface area contributed by atoms with Crippen molar-refractivity contribution in [1.82, 2.24) is 19.7 Å². The minimum Gasteiger partial charge on any atom is -0.496 e. The number of ether oxygens (including phenoxy) is 2. The van der Waals surface area contributed by atoms with Gasteiger partial charge in [-0.1, -0.05) is 18.2 Å². The number of benzene rings is 2. The Morgan fingerprint density at radius 3 is 2.64 bits per heavy atom. The van der Waals surface area contributed by atoms with Gasteiger partial charge in [0.15, 0.2) is 5.65 Å². The van der Waals surface area contributed by atoms with E-state index in [0.29, 0.717) is 72.5 Å². The Morgan fingerprint density at radius 2 is 1.92 bits per heavy atom. The highest BCUT2D eigenvalue weighted by Gasteiger charge is 2.29. The molecule has 0 amide bonds. The minimum atomic E-state index is -0.396. The van der Waals surface area contributed by atoms with Crippen molar-refractivity contribution in [3.05, 3.63) is 54.3 Å². The summed E-state index contributed by atoms with van der Waals surface area (Å²) >= 11 is 0. The molecule has 0 bridgehead atoms. The summed E-state index contributed by atoms with van der Waals surface area (Å²) in [6.07, 6.45) is 1.29. The fourth-order valence-electron chi connectivity index (χ4n) is 4.56. The van der Waals surface area contributed by atoms with Crippen LogP contribution in [0.15, 0.2) is 48.5 Å². The van der Waals surface area contributed by atoms with E-state index in [0.717, 1.165) is 5.56 Å². The zero-order chi connectivity index (χ0) is 25.2. The summed E-state index contributed by atoms with van der Waals surface area (Å²) in [7, 11) is 1.60. The van der Waals surface area contributed by atoms with Crippen molar-refractivity contribution in [2.45, 2.75) is 19.8 Å². The zero-order valence-corrected chi connectivity index (χ0v) is 20.1. The van der Waals surface area contributed by atoms with Crippen LogP contribution in [-0.4, -0.2) is 52.5 Å². The van der Waals surface area contributed by atoms with E-state index in [4.69, 9.17) is 25.2 Å². The van der Waals surface area contributed by atoms with E-state index < -0.39 is 5.82 Å². The highest BCUT2D eigenvalue weighted by Crippen LogP contribution is 2.38. The van der Waals surface area contributed by atoms with Crippen LogP contribution in [0, 0.1) is 11.7 Å². The Labute approximate surface area is 207 Å². The van der Waals surface area contributed by atoms with Crippen LogP contribution in [0.3, 0.4) is 0 Å². The molecule has 2 aromatic heterocycles. The molecule has 0 aliphatic carbocycles. The van der Waals surface area contributed by atoms with Gasteiger partial charge in [-0.3, -0.25) is 4.79 Å². The second-order valence-corrected chi connectivity index (χ2v) is 8.56. The number of aromatic nitrogens is 4. The fourth-order valence-corrected chi connectivity index (χ4v) is 4.56. The summed E-state index contributed by atoms with van der Waals surface area (Å²) in [6.45, 7) is 3.38. The number of anilines is 2. The Hall–Kier alpha value is -4.21. The molecule has 0 unspecified atom stereocenters. The number of methoxy groups -OCH3 is 1. The lowest BCUT2D eigenvalue weighted by Gasteiger charge is -2.31. The lowest BCUT2D eigenvalue weighted by molar-refractivity contribution is -0.148. The van der Waals surface area contributed by atoms with Crippen LogP contribution >= 0.6 is 0 Å². The molecule has 1 fully saturated rings. The maximum atomic E-state index is 14.0. The summed E-state index contributed by atoms with van der Waals surface area (Å²) in [5.41, 5.74) is 8.72. The summed E-state index contributed by atoms with van der Waals surface area (Å²) in [5, 5.41) is 5.17. The van der Waals surface area contributed by atoms with Crippen LogP contribution in [0.2, 0.25) is 0 Å². The smallest absolute Gasteiger partial charge is 0.309 e. The van der Waals surface area contributed by atoms with Gasteiger partial charge in [-0.2, -0.15) is 4.98 Å². The van der Waals surface area contributed by atoms with Gasteiger partial charge < -0.3 is 20.1 Å². The van der Waals surface area contributed by atoms with Gasteiger partial charge in [0.2, 0.25) is 5.95 Å². The number of piperidine rings is 1. The number of rotatable bonds is 6. The first kappa shape index (κ1) is 23.5. The van der Waals surface area contributed by atoms with Gasteiger partial charge in [0.25, 0.3) is 0 Å². The molecule has 36 heavy (non-hydrogen) atoms. The van der Waals surface area contributed by atoms with Gasteiger partial charge in [-0.05, 0) is 50.1 Å². The van der Waals surface area contributed by atoms with E-state index >= 15 is 0 Å². The van der Waals surface area contributed by atoms with Gasteiger partial charge in [0.05, 0.1) is 36.4 Å². The Bertz CT molecular complexity index is 1410. The van der Waals surface area contributed by atoms with Crippen LogP contribution in [-0.2, 0) is 9.53 Å². The molecule has 1 saturated heterocycles. The Kier molecular flexibility index (Phi) is 6.41. The van der Waals surface area contributed by atoms with Crippen molar-refractivity contribution in [2.24, 2.45) is 5.92 Å². The number of carbonyl (C=O) groups is 1. The average molecular weight is 491 g/mol. The highest BCUT2D eigenvalue weighted by atomic mass is 19.1. The van der Waals surface area contributed by atoms with E-state index in [1.54, 1.807) is 19.2 Å². The number of fused-ring (bicyclic) bond motifs is 1. The predicted molar refractivity (Wildman–Crippen MR) is 135 cm³/mol. The SMILES string of the molecule is CCOC(=O)C1CCN(c2nc(-c3ccccc3OC)c3c(N)n(-c4cccc(F)c4)nc3n2)CC1. The molecule has 0 saturated carbocycles. The van der Waals surface area contributed by atoms with Crippen LogP contribution in [0.1, 0.15) is 19.8 Å². The highest BCUT2D eigenvalue weighted by molar-refractivity contribution is 6.00. The number of hydrogen-bond acceptors (Lipinski definition) is 8. The molecule has 10 heteroatoms. The van der Waals surface area contributed by atoms with Gasteiger partial charge in [-0.25, -0.2) is 14.1 Å². The number of halogens is 1. The third-order valence-corrected chi connectivity index (χ3v) is 6.37. The summed E-state index contributed by atoms with van der Waals surface area (Å²) < 4.78 is 26.2. The predicted octanol–water partition coefficient (Wildman–Crippen LogP) is 3.99. The minimum absolute atomic E-state index is 0.138. The summed E-state index contributed by atoms with van der Waals surface area (Å²) in [5.74, 6) is 0.708. The fraction of sp³-hybridized carbons (Fsp3) is 0.308. The molecule has 4 aromatic rings. The first-order valence-corrected chi connectivity index (χ1v) is 11.9. The topological polar surface area (TPSA) is 108 Å². The summed E-state index contributed by atoms with van der Waals surface area (Å²) in [4.78, 5) is 23.9. The van der Waals surface area contributed by atoms with Crippen molar-refractivity contribution in [3.8, 4) is 22.7 Å². The number of para-hydroxylation sites is 1. The van der Waals surface area contributed by atoms with Crippen LogP contribution < -0.4 is 15.4 Å². The third kappa shape index (κ3) is 4.30. The van der Waals surface area contributed by atoms with E-state index in [1.165, 1.54) is 16.8 Å². The number of carbonyl (C=O) groups excluding carboxylic acids is 1. The zero-order valence-electron chi connectivity index (χ0n) is 20.1. The molecule has 1 aliphatic heterocycles. The van der Waals surface area contributed by atoms with Crippen LogP contribution in [0.4, 0.5) is 16.2 Å². The second-order valence-electron chi connectivity index (χ2n) is 8.56. The average Bonchev–Trinajstić information content (AvgIpc) is 3.24. The van der Waals surface area contributed by atoms with Gasteiger partial charge in [0.1, 0.15) is 17.4 Å². The summed E-state index contributed by atoms with van der Waals surface area (Å²) in [6, 6.07) is 13.6. The van der Waals surface area contributed by atoms with E-state index in [1.807, 2.05) is 36.1 Å². The maximum absolute atomic E-state index is 14.0. The Balaban J connectivity index is 1.62. The largest absolute Gasteiger partial charge is 0.496 e. The van der Waals surface area contributed by atoms with E-state index in [2.05, 4.69) is 5.10 Å². The molecule has 2 N–H and O–H groups in total. The quantitative estimate of drug-likeness (QED) is 0.404. The molecular formula is C26H27FN6O3. The number of hydrogen-bond donors (Lipinski definition) is 1. The van der Waals surface area contributed by atoms with Gasteiger partial charge >= 0.3 is 5.97 Å². The van der Waals surface area contributed by atoms with Gasteiger partial charge in [0, 0.05) is 18.7 Å². The number of esters is 1. The first-order chi connectivity index (χ1) is 17.5. The number of nitrogen functional groups attached to an aromatic ring is 1. The number of nitrogens with two attached hydrogens (primary N) is 1. The molecule has 1 aliphatic rings. The maximum Gasteiger partial charge on any atom is 0.309 e. The third-order valence-electron chi connectivity index (χ3n) is 6.37. The number of nitrogens with zero attached hydrogens (tertiary/aromatic N) is 5. The van der Waals surface area contributed by atoms with Crippen LogP contribution in [0.5, 0.6) is 5.75 Å². The molecule has 2 aromatic carbocycles. The molecule has 186 valence electrons. The van der Waals surface area contributed by atoms with Crippen molar-refractivity contribution in [3.63, 3.8) is 0 Å². The lowest BCUT2D eigenvalue weighted by atomic mass is 9.97. The Morgan fingerprint density at radius 1 is 1.14 bits per heavy atom. The lowest BCUT2D eigenvalue weighted by Crippen LogP contribution is -2.38. The second kappa shape index (κ2) is 9.80. The van der Waals surface area contributed by atoms with Gasteiger partial charge in [-0.15, -0.1) is 5.10 Å². The van der Waals surface area contributed by atoms with Crippen molar-refractivity contribution in [1.29, 1.82) is 0 Å². The van der Waals surface area contributed by atoms with E-state index in [9.17, 15) is 9.18 Å². The van der Waals surface area contributed by atoms with Crippen LogP contribution in [0.25, 0.3) is 28.0 Å². The van der Waals surface area contributed by atoms with Crippen molar-refractivity contribution >= 4 is 28.8 Å². The monoisotopic (exact) mass is 490 g/mol. The normalized spacial score (nSPS) is 14.2. The molecule has 9 nitrogen and oxygen atoms in total. The van der Waals surface area contributed by atoms with E-state index in [-0.39, 0.29) is 11.9 Å². The van der Waals surface area contributed by atoms with Crippen molar-refractivity contribution in [2.75, 3.05) is 37.4 Å². The molecule has 0 radical (unpaired) electrons. The first-order valence-electron chi connectivity index (χ1n) is 11.9. The molecule has 0 atom stereocenters. The molecule has 0 spiro atoms. The standard InChI is InChI=1S/C26H27FN6O3/c1-3-36-25(34)16-11-13-32(14-12-16)26-29-22(19-9-4-5-10-20(19)35-2)21-23(28)33(31-24(21)30-26)18-8-6-7-17(27)15-18/h4-10,15-16H,3,11-14,28H2,1-2H3. The molecule has 5 rings (SSSR count). The molecular weight excluding hydrogens is 463 g/mol.